The van der Waals surface area contributed by atoms with Gasteiger partial charge in [-0.3, -0.25) is 4.79 Å². The molecule has 0 spiro atoms. The molecule has 0 aromatic heterocycles. The monoisotopic (exact) mass is 322 g/mol. The first-order valence-electron chi connectivity index (χ1n) is 7.89. The predicted octanol–water partition coefficient (Wildman–Crippen LogP) is 2.63. The van der Waals surface area contributed by atoms with Crippen LogP contribution < -0.4 is 5.32 Å². The average Bonchev–Trinajstić information content (AvgIpc) is 3.11. The van der Waals surface area contributed by atoms with Crippen molar-refractivity contribution in [3.63, 3.8) is 0 Å². The molecule has 5 heteroatoms. The summed E-state index contributed by atoms with van der Waals surface area (Å²) in [6.07, 6.45) is 3.46. The van der Waals surface area contributed by atoms with Crippen molar-refractivity contribution in [3.05, 3.63) is 34.9 Å². The molecule has 0 radical (unpaired) electrons. The molecule has 3 rings (SSSR count). The summed E-state index contributed by atoms with van der Waals surface area (Å²) >= 11 is 5.95. The van der Waals surface area contributed by atoms with Crippen LogP contribution in [0.5, 0.6) is 0 Å². The number of amides is 1. The van der Waals surface area contributed by atoms with Gasteiger partial charge in [0.05, 0.1) is 24.2 Å². The maximum Gasteiger partial charge on any atom is 0.225 e. The number of hydrogen-bond acceptors (Lipinski definition) is 3. The number of halogens is 1. The number of likely N-dealkylation sites (N-methyl/N-ethyl adjacent to an activating group) is 1. The molecule has 0 aliphatic carbocycles. The highest BCUT2D eigenvalue weighted by molar-refractivity contribution is 6.30. The predicted molar refractivity (Wildman–Crippen MR) is 86.9 cm³/mol. The molecule has 2 fully saturated rings. The van der Waals surface area contributed by atoms with Crippen LogP contribution in [0, 0.1) is 5.92 Å². The summed E-state index contributed by atoms with van der Waals surface area (Å²) in [5, 5.41) is 3.84. The molecule has 4 atom stereocenters. The summed E-state index contributed by atoms with van der Waals surface area (Å²) in [4.78, 5) is 14.5. The van der Waals surface area contributed by atoms with Gasteiger partial charge in [0.25, 0.3) is 0 Å². The zero-order chi connectivity index (χ0) is 15.7. The smallest absolute Gasteiger partial charge is 0.225 e. The van der Waals surface area contributed by atoms with Gasteiger partial charge in [0.1, 0.15) is 0 Å². The van der Waals surface area contributed by atoms with Gasteiger partial charge in [-0.15, -0.1) is 0 Å². The molecule has 2 aliphatic rings. The molecule has 22 heavy (non-hydrogen) atoms. The quantitative estimate of drug-likeness (QED) is 0.906. The second kappa shape index (κ2) is 6.57. The second-order valence-corrected chi connectivity index (χ2v) is 6.93. The van der Waals surface area contributed by atoms with Crippen LogP contribution >= 0.6 is 11.6 Å². The third-order valence-electron chi connectivity index (χ3n) is 4.79. The van der Waals surface area contributed by atoms with Crippen molar-refractivity contribution >= 4 is 17.5 Å². The van der Waals surface area contributed by atoms with Crippen LogP contribution in [0.3, 0.4) is 0 Å². The molecular formula is C17H23ClN2O2. The Morgan fingerprint density at radius 2 is 2.09 bits per heavy atom. The van der Waals surface area contributed by atoms with E-state index in [0.717, 1.165) is 29.8 Å². The summed E-state index contributed by atoms with van der Waals surface area (Å²) in [7, 11) is 4.04. The van der Waals surface area contributed by atoms with E-state index >= 15 is 0 Å². The Balaban J connectivity index is 1.60. The van der Waals surface area contributed by atoms with Crippen molar-refractivity contribution in [3.8, 4) is 0 Å². The molecule has 1 amide bonds. The Labute approximate surface area is 136 Å². The molecule has 2 saturated heterocycles. The Morgan fingerprint density at radius 1 is 1.36 bits per heavy atom. The summed E-state index contributed by atoms with van der Waals surface area (Å²) in [5.74, 6) is 0.166. The standard InChI is InChI=1S/C17H23ClN2O2/c1-20(2)15(11-3-5-12(18)6-4-11)10-19-17(21)14-9-13-7-8-16(14)22-13/h3-6,13-16H,7-10H2,1-2H3,(H,19,21)/t13-,14-,15-,16-/m1/s1. The Kier molecular flexibility index (Phi) is 4.71. The van der Waals surface area contributed by atoms with E-state index in [9.17, 15) is 4.79 Å². The normalized spacial score (nSPS) is 28.1. The van der Waals surface area contributed by atoms with Gasteiger partial charge in [-0.2, -0.15) is 0 Å². The minimum Gasteiger partial charge on any atom is -0.374 e. The van der Waals surface area contributed by atoms with Gasteiger partial charge < -0.3 is 15.0 Å². The van der Waals surface area contributed by atoms with Crippen LogP contribution in [0.25, 0.3) is 0 Å². The van der Waals surface area contributed by atoms with E-state index in [4.69, 9.17) is 16.3 Å². The SMILES string of the molecule is CN(C)[C@H](CNC(=O)[C@@H]1C[C@H]2CC[C@H]1O2)c1ccc(Cl)cc1. The molecule has 0 saturated carbocycles. The van der Waals surface area contributed by atoms with Crippen LogP contribution in [0.2, 0.25) is 5.02 Å². The number of carbonyl (C=O) groups is 1. The van der Waals surface area contributed by atoms with E-state index in [2.05, 4.69) is 10.2 Å². The third-order valence-corrected chi connectivity index (χ3v) is 5.04. The number of nitrogens with zero attached hydrogens (tertiary/aromatic N) is 1. The zero-order valence-corrected chi connectivity index (χ0v) is 13.8. The fourth-order valence-corrected chi connectivity index (χ4v) is 3.65. The minimum absolute atomic E-state index is 0.0341. The Bertz CT molecular complexity index is 532. The zero-order valence-electron chi connectivity index (χ0n) is 13.1. The lowest BCUT2D eigenvalue weighted by Crippen LogP contribution is -2.40. The summed E-state index contributed by atoms with van der Waals surface area (Å²) in [5.41, 5.74) is 1.15. The van der Waals surface area contributed by atoms with Gasteiger partial charge in [0.15, 0.2) is 0 Å². The first-order chi connectivity index (χ1) is 10.5. The number of benzene rings is 1. The summed E-state index contributed by atoms with van der Waals surface area (Å²) in [6, 6.07) is 7.94. The highest BCUT2D eigenvalue weighted by atomic mass is 35.5. The van der Waals surface area contributed by atoms with E-state index in [0.29, 0.717) is 12.6 Å². The lowest BCUT2D eigenvalue weighted by molar-refractivity contribution is -0.126. The van der Waals surface area contributed by atoms with Crippen molar-refractivity contribution in [1.29, 1.82) is 0 Å². The fourth-order valence-electron chi connectivity index (χ4n) is 3.53. The maximum absolute atomic E-state index is 12.4. The number of rotatable bonds is 5. The van der Waals surface area contributed by atoms with Gasteiger partial charge in [0, 0.05) is 11.6 Å². The number of ether oxygens (including phenoxy) is 1. The number of fused-ring (bicyclic) bond motifs is 2. The molecule has 1 aromatic carbocycles. The molecule has 2 heterocycles. The first kappa shape index (κ1) is 15.8. The lowest BCUT2D eigenvalue weighted by atomic mass is 9.88. The van der Waals surface area contributed by atoms with Crippen molar-refractivity contribution in [2.24, 2.45) is 5.92 Å². The molecule has 1 N–H and O–H groups in total. The molecule has 2 aliphatic heterocycles. The van der Waals surface area contributed by atoms with Crippen LogP contribution in [-0.4, -0.2) is 43.7 Å². The number of hydrogen-bond donors (Lipinski definition) is 1. The van der Waals surface area contributed by atoms with Gasteiger partial charge in [-0.05, 0) is 51.1 Å². The molecule has 0 unspecified atom stereocenters. The molecule has 2 bridgehead atoms. The second-order valence-electron chi connectivity index (χ2n) is 6.49. The largest absolute Gasteiger partial charge is 0.374 e. The molecule has 4 nitrogen and oxygen atoms in total. The van der Waals surface area contributed by atoms with Gasteiger partial charge >= 0.3 is 0 Å². The summed E-state index contributed by atoms with van der Waals surface area (Å²) in [6.45, 7) is 0.599. The van der Waals surface area contributed by atoms with Gasteiger partial charge in [0.2, 0.25) is 5.91 Å². The molecular weight excluding hydrogens is 300 g/mol. The molecule has 120 valence electrons. The van der Waals surface area contributed by atoms with Crippen molar-refractivity contribution in [2.75, 3.05) is 20.6 Å². The minimum atomic E-state index is 0.0341. The van der Waals surface area contributed by atoms with Crippen LogP contribution in [0.4, 0.5) is 0 Å². The number of carbonyl (C=O) groups excluding carboxylic acids is 1. The van der Waals surface area contributed by atoms with Crippen molar-refractivity contribution in [2.45, 2.75) is 37.5 Å². The van der Waals surface area contributed by atoms with E-state index in [1.807, 2.05) is 38.4 Å². The first-order valence-corrected chi connectivity index (χ1v) is 8.27. The van der Waals surface area contributed by atoms with Crippen LogP contribution in [-0.2, 0) is 9.53 Å². The highest BCUT2D eigenvalue weighted by Gasteiger charge is 2.44. The van der Waals surface area contributed by atoms with Crippen molar-refractivity contribution < 1.29 is 9.53 Å². The van der Waals surface area contributed by atoms with Crippen LogP contribution in [0.15, 0.2) is 24.3 Å². The molecule has 1 aromatic rings. The highest BCUT2D eigenvalue weighted by Crippen LogP contribution is 2.38. The van der Waals surface area contributed by atoms with Crippen molar-refractivity contribution in [1.82, 2.24) is 10.2 Å². The van der Waals surface area contributed by atoms with Crippen LogP contribution in [0.1, 0.15) is 30.9 Å². The van der Waals surface area contributed by atoms with Gasteiger partial charge in [-0.1, -0.05) is 23.7 Å². The topological polar surface area (TPSA) is 41.6 Å². The third kappa shape index (κ3) is 3.29. The summed E-state index contributed by atoms with van der Waals surface area (Å²) < 4.78 is 5.77. The van der Waals surface area contributed by atoms with Gasteiger partial charge in [-0.25, -0.2) is 0 Å². The van der Waals surface area contributed by atoms with E-state index in [1.165, 1.54) is 0 Å². The van der Waals surface area contributed by atoms with E-state index in [-0.39, 0.29) is 24.0 Å². The average molecular weight is 323 g/mol. The maximum atomic E-state index is 12.4. The van der Waals surface area contributed by atoms with E-state index < -0.39 is 0 Å². The number of nitrogens with one attached hydrogen (secondary N) is 1. The lowest BCUT2D eigenvalue weighted by Gasteiger charge is -2.26. The Hall–Kier alpha value is -1.10. The fraction of sp³-hybridized carbons (Fsp3) is 0.588. The Morgan fingerprint density at radius 3 is 2.64 bits per heavy atom. The van der Waals surface area contributed by atoms with E-state index in [1.54, 1.807) is 0 Å².